The molecular formula is C23H22N2O3. The van der Waals surface area contributed by atoms with Crippen molar-refractivity contribution in [2.75, 3.05) is 7.11 Å². The molecule has 0 aromatic heterocycles. The highest BCUT2D eigenvalue weighted by atomic mass is 16.5. The predicted octanol–water partition coefficient (Wildman–Crippen LogP) is 4.12. The lowest BCUT2D eigenvalue weighted by Crippen LogP contribution is -2.41. The second-order valence-corrected chi connectivity index (χ2v) is 7.29. The molecule has 1 heterocycles. The first-order valence-electron chi connectivity index (χ1n) is 9.20. The molecule has 1 atom stereocenters. The zero-order chi connectivity index (χ0) is 19.9. The summed E-state index contributed by atoms with van der Waals surface area (Å²) in [5.74, 6) is 0.391. The maximum Gasteiger partial charge on any atom is 0.325 e. The van der Waals surface area contributed by atoms with Gasteiger partial charge in [0.2, 0.25) is 0 Å². The van der Waals surface area contributed by atoms with Gasteiger partial charge >= 0.3 is 6.03 Å². The van der Waals surface area contributed by atoms with Gasteiger partial charge in [-0.1, -0.05) is 60.2 Å². The van der Waals surface area contributed by atoms with Crippen LogP contribution in [0.25, 0.3) is 10.8 Å². The van der Waals surface area contributed by atoms with Gasteiger partial charge in [-0.25, -0.2) is 4.79 Å². The minimum absolute atomic E-state index is 0.163. The molecule has 5 heteroatoms. The minimum atomic E-state index is -1.12. The zero-order valence-electron chi connectivity index (χ0n) is 16.2. The maximum atomic E-state index is 13.4. The Kier molecular flexibility index (Phi) is 4.30. The average molecular weight is 374 g/mol. The smallest absolute Gasteiger partial charge is 0.325 e. The molecular weight excluding hydrogens is 352 g/mol. The number of ether oxygens (including phenoxy) is 1. The second-order valence-electron chi connectivity index (χ2n) is 7.29. The van der Waals surface area contributed by atoms with Crippen molar-refractivity contribution in [2.45, 2.75) is 25.9 Å². The first-order chi connectivity index (χ1) is 13.4. The molecule has 1 aliphatic heterocycles. The highest BCUT2D eigenvalue weighted by Crippen LogP contribution is 2.35. The molecule has 0 unspecified atom stereocenters. The Hall–Kier alpha value is -3.34. The third-order valence-corrected chi connectivity index (χ3v) is 5.37. The normalized spacial score (nSPS) is 19.2. The van der Waals surface area contributed by atoms with E-state index in [0.29, 0.717) is 5.75 Å². The van der Waals surface area contributed by atoms with E-state index in [2.05, 4.69) is 5.32 Å². The molecule has 3 aromatic rings. The summed E-state index contributed by atoms with van der Waals surface area (Å²) in [5, 5.41) is 4.89. The lowest BCUT2D eigenvalue weighted by atomic mass is 9.87. The SMILES string of the molecule is COc1ccc(C)cc1CN1C(=O)N[C@](C)(c2cccc3ccccc23)C1=O. The molecule has 0 aliphatic carbocycles. The zero-order valence-corrected chi connectivity index (χ0v) is 16.2. The Bertz CT molecular complexity index is 1090. The van der Waals surface area contributed by atoms with E-state index >= 15 is 0 Å². The monoisotopic (exact) mass is 374 g/mol. The van der Waals surface area contributed by atoms with Crippen molar-refractivity contribution in [2.24, 2.45) is 0 Å². The van der Waals surface area contributed by atoms with Gasteiger partial charge in [-0.15, -0.1) is 0 Å². The molecule has 3 aromatic carbocycles. The van der Waals surface area contributed by atoms with Gasteiger partial charge in [-0.05, 0) is 36.2 Å². The molecule has 1 N–H and O–H groups in total. The molecule has 0 radical (unpaired) electrons. The van der Waals surface area contributed by atoms with Gasteiger partial charge in [0.1, 0.15) is 11.3 Å². The van der Waals surface area contributed by atoms with E-state index in [1.165, 1.54) is 4.90 Å². The summed E-state index contributed by atoms with van der Waals surface area (Å²) < 4.78 is 5.41. The lowest BCUT2D eigenvalue weighted by Gasteiger charge is -2.24. The van der Waals surface area contributed by atoms with E-state index in [9.17, 15) is 9.59 Å². The molecule has 1 aliphatic rings. The number of methoxy groups -OCH3 is 1. The number of carbonyl (C=O) groups is 2. The second kappa shape index (κ2) is 6.68. The number of carbonyl (C=O) groups excluding carboxylic acids is 2. The number of rotatable bonds is 4. The molecule has 1 fully saturated rings. The summed E-state index contributed by atoms with van der Waals surface area (Å²) in [7, 11) is 1.58. The van der Waals surface area contributed by atoms with Crippen LogP contribution in [0.5, 0.6) is 5.75 Å². The van der Waals surface area contributed by atoms with Crippen LogP contribution in [0.4, 0.5) is 4.79 Å². The van der Waals surface area contributed by atoms with Crippen molar-refractivity contribution < 1.29 is 14.3 Å². The lowest BCUT2D eigenvalue weighted by molar-refractivity contribution is -0.131. The van der Waals surface area contributed by atoms with Crippen LogP contribution in [0.2, 0.25) is 0 Å². The molecule has 5 nitrogen and oxygen atoms in total. The van der Waals surface area contributed by atoms with Crippen molar-refractivity contribution >= 4 is 22.7 Å². The summed E-state index contributed by atoms with van der Waals surface area (Å²) in [6, 6.07) is 19.0. The van der Waals surface area contributed by atoms with Crippen molar-refractivity contribution in [1.82, 2.24) is 10.2 Å². The Balaban J connectivity index is 1.74. The van der Waals surface area contributed by atoms with Crippen LogP contribution in [-0.4, -0.2) is 23.9 Å². The Morgan fingerprint density at radius 2 is 1.79 bits per heavy atom. The van der Waals surface area contributed by atoms with Gasteiger partial charge in [-0.3, -0.25) is 9.69 Å². The molecule has 0 spiro atoms. The van der Waals surface area contributed by atoms with E-state index in [4.69, 9.17) is 4.74 Å². The highest BCUT2D eigenvalue weighted by Gasteiger charge is 2.49. The third kappa shape index (κ3) is 2.80. The number of hydrogen-bond donors (Lipinski definition) is 1. The first kappa shape index (κ1) is 18.0. The molecule has 0 bridgehead atoms. The van der Waals surface area contributed by atoms with E-state index in [0.717, 1.165) is 27.5 Å². The molecule has 3 amide bonds. The molecule has 4 rings (SSSR count). The fourth-order valence-electron chi connectivity index (χ4n) is 3.89. The van der Waals surface area contributed by atoms with Gasteiger partial charge in [0.15, 0.2) is 0 Å². The van der Waals surface area contributed by atoms with E-state index < -0.39 is 11.6 Å². The van der Waals surface area contributed by atoms with E-state index in [1.807, 2.05) is 67.6 Å². The number of fused-ring (bicyclic) bond motifs is 1. The Labute approximate surface area is 163 Å². The topological polar surface area (TPSA) is 58.6 Å². The fourth-order valence-corrected chi connectivity index (χ4v) is 3.89. The van der Waals surface area contributed by atoms with E-state index in [1.54, 1.807) is 14.0 Å². The molecule has 28 heavy (non-hydrogen) atoms. The number of benzene rings is 3. The Morgan fingerprint density at radius 1 is 1.04 bits per heavy atom. The van der Waals surface area contributed by atoms with E-state index in [-0.39, 0.29) is 12.5 Å². The summed E-state index contributed by atoms with van der Waals surface area (Å²) in [6.07, 6.45) is 0. The quantitative estimate of drug-likeness (QED) is 0.699. The number of imide groups is 1. The third-order valence-electron chi connectivity index (χ3n) is 5.37. The van der Waals surface area contributed by atoms with Gasteiger partial charge < -0.3 is 10.1 Å². The predicted molar refractivity (Wildman–Crippen MR) is 108 cm³/mol. The summed E-state index contributed by atoms with van der Waals surface area (Å²) in [5.41, 5.74) is 1.52. The van der Waals surface area contributed by atoms with Crippen LogP contribution in [0.15, 0.2) is 60.7 Å². The van der Waals surface area contributed by atoms with Crippen molar-refractivity contribution in [3.63, 3.8) is 0 Å². The maximum absolute atomic E-state index is 13.4. The van der Waals surface area contributed by atoms with Gasteiger partial charge in [0.25, 0.3) is 5.91 Å². The largest absolute Gasteiger partial charge is 0.496 e. The van der Waals surface area contributed by atoms with Crippen LogP contribution < -0.4 is 10.1 Å². The van der Waals surface area contributed by atoms with Gasteiger partial charge in [-0.2, -0.15) is 0 Å². The van der Waals surface area contributed by atoms with Gasteiger partial charge in [0.05, 0.1) is 13.7 Å². The minimum Gasteiger partial charge on any atom is -0.496 e. The van der Waals surface area contributed by atoms with Gasteiger partial charge in [0, 0.05) is 5.56 Å². The van der Waals surface area contributed by atoms with Crippen molar-refractivity contribution in [3.05, 3.63) is 77.4 Å². The van der Waals surface area contributed by atoms with Crippen LogP contribution in [-0.2, 0) is 16.9 Å². The first-order valence-corrected chi connectivity index (χ1v) is 9.20. The van der Waals surface area contributed by atoms with Crippen LogP contribution in [0.1, 0.15) is 23.6 Å². The number of hydrogen-bond acceptors (Lipinski definition) is 3. The number of urea groups is 1. The number of nitrogens with one attached hydrogen (secondary N) is 1. The fraction of sp³-hybridized carbons (Fsp3) is 0.217. The number of nitrogens with zero attached hydrogens (tertiary/aromatic N) is 1. The average Bonchev–Trinajstić information content (AvgIpc) is 2.91. The van der Waals surface area contributed by atoms with Crippen LogP contribution >= 0.6 is 0 Å². The molecule has 1 saturated heterocycles. The summed E-state index contributed by atoms with van der Waals surface area (Å²) in [4.78, 5) is 27.4. The molecule has 142 valence electrons. The van der Waals surface area contributed by atoms with Crippen LogP contribution in [0.3, 0.4) is 0 Å². The van der Waals surface area contributed by atoms with Crippen LogP contribution in [0, 0.1) is 6.92 Å². The number of amides is 3. The highest BCUT2D eigenvalue weighted by molar-refractivity contribution is 6.09. The standard InChI is InChI=1S/C23H22N2O3/c1-15-11-12-20(28-3)17(13-15)14-25-21(26)23(2,24-22(25)27)19-10-6-8-16-7-4-5-9-18(16)19/h4-13H,14H2,1-3H3,(H,24,27)/t23-/m1/s1. The Morgan fingerprint density at radius 3 is 2.57 bits per heavy atom. The van der Waals surface area contributed by atoms with Crippen molar-refractivity contribution in [3.8, 4) is 5.75 Å². The summed E-state index contributed by atoms with van der Waals surface area (Å²) in [6.45, 7) is 3.90. The molecule has 0 saturated carbocycles. The summed E-state index contributed by atoms with van der Waals surface area (Å²) >= 11 is 0. The number of aryl methyl sites for hydroxylation is 1. The van der Waals surface area contributed by atoms with Crippen molar-refractivity contribution in [1.29, 1.82) is 0 Å².